The Hall–Kier alpha value is -1.52. The average Bonchev–Trinajstić information content (AvgIpc) is 2.14. The summed E-state index contributed by atoms with van der Waals surface area (Å²) < 4.78 is 37.8. The topological polar surface area (TPSA) is 37.3 Å². The van der Waals surface area contributed by atoms with Crippen molar-refractivity contribution in [2.24, 2.45) is 5.92 Å². The number of rotatable bonds is 2. The van der Waals surface area contributed by atoms with Crippen molar-refractivity contribution < 1.29 is 23.1 Å². The second-order valence-electron chi connectivity index (χ2n) is 3.72. The molecule has 2 nitrogen and oxygen atoms in total. The van der Waals surface area contributed by atoms with E-state index < -0.39 is 34.8 Å². The van der Waals surface area contributed by atoms with Gasteiger partial charge in [0, 0.05) is 5.92 Å². The Kier molecular flexibility index (Phi) is 3.26. The fourth-order valence-electron chi connectivity index (χ4n) is 1.32. The molecule has 0 radical (unpaired) electrons. The second-order valence-corrected chi connectivity index (χ2v) is 3.72. The highest BCUT2D eigenvalue weighted by molar-refractivity contribution is 6.01. The molecule has 1 rings (SSSR count). The highest BCUT2D eigenvalue weighted by atomic mass is 19.4. The van der Waals surface area contributed by atoms with Crippen LogP contribution < -0.4 is 0 Å². The Morgan fingerprint density at radius 1 is 1.31 bits per heavy atom. The molecule has 1 N–H and O–H groups in total. The molecule has 0 aliphatic carbocycles. The summed E-state index contributed by atoms with van der Waals surface area (Å²) in [6, 6.07) is 2.93. The van der Waals surface area contributed by atoms with E-state index in [2.05, 4.69) is 0 Å². The third-order valence-corrected chi connectivity index (χ3v) is 2.12. The molecule has 5 heteroatoms. The molecule has 1 aromatic rings. The Labute approximate surface area is 90.7 Å². The van der Waals surface area contributed by atoms with E-state index in [4.69, 9.17) is 0 Å². The first-order valence-electron chi connectivity index (χ1n) is 4.68. The Bertz CT molecular complexity index is 408. The molecule has 0 fully saturated rings. The third kappa shape index (κ3) is 2.35. The van der Waals surface area contributed by atoms with Crippen molar-refractivity contribution in [3.05, 3.63) is 29.3 Å². The van der Waals surface area contributed by atoms with Gasteiger partial charge >= 0.3 is 6.18 Å². The van der Waals surface area contributed by atoms with Gasteiger partial charge in [0.05, 0.1) is 11.1 Å². The standard InChI is InChI=1S/C11H11F3O2/c1-6(2)10(16)9-7(11(12,13)14)4-3-5-8(9)15/h3-6,15H,1-2H3. The van der Waals surface area contributed by atoms with E-state index in [1.54, 1.807) is 0 Å². The minimum absolute atomic E-state index is 0.602. The molecule has 0 bridgehead atoms. The molecular weight excluding hydrogens is 221 g/mol. The summed E-state index contributed by atoms with van der Waals surface area (Å²) in [5.74, 6) is -1.95. The summed E-state index contributed by atoms with van der Waals surface area (Å²) in [5, 5.41) is 9.35. The number of benzene rings is 1. The van der Waals surface area contributed by atoms with Gasteiger partial charge in [0.25, 0.3) is 0 Å². The molecule has 0 atom stereocenters. The number of carbonyl (C=O) groups excluding carboxylic acids is 1. The summed E-state index contributed by atoms with van der Waals surface area (Å²) in [7, 11) is 0. The van der Waals surface area contributed by atoms with E-state index in [9.17, 15) is 23.1 Å². The van der Waals surface area contributed by atoms with Crippen molar-refractivity contribution in [2.45, 2.75) is 20.0 Å². The van der Waals surface area contributed by atoms with Gasteiger partial charge in [-0.05, 0) is 12.1 Å². The van der Waals surface area contributed by atoms with Crippen molar-refractivity contribution in [2.75, 3.05) is 0 Å². The van der Waals surface area contributed by atoms with Crippen LogP contribution in [0.1, 0.15) is 29.8 Å². The SMILES string of the molecule is CC(C)C(=O)c1c(O)cccc1C(F)(F)F. The molecule has 88 valence electrons. The van der Waals surface area contributed by atoms with Crippen molar-refractivity contribution in [1.82, 2.24) is 0 Å². The largest absolute Gasteiger partial charge is 0.507 e. The summed E-state index contributed by atoms with van der Waals surface area (Å²) in [5.41, 5.74) is -1.74. The third-order valence-electron chi connectivity index (χ3n) is 2.12. The summed E-state index contributed by atoms with van der Waals surface area (Å²) >= 11 is 0. The highest BCUT2D eigenvalue weighted by Crippen LogP contribution is 2.36. The van der Waals surface area contributed by atoms with Gasteiger partial charge in [0.15, 0.2) is 5.78 Å². The fourth-order valence-corrected chi connectivity index (χ4v) is 1.32. The number of aromatic hydroxyl groups is 1. The van der Waals surface area contributed by atoms with E-state index >= 15 is 0 Å². The minimum Gasteiger partial charge on any atom is -0.507 e. The van der Waals surface area contributed by atoms with Crippen molar-refractivity contribution in [3.63, 3.8) is 0 Å². The Morgan fingerprint density at radius 3 is 2.31 bits per heavy atom. The zero-order valence-corrected chi connectivity index (χ0v) is 8.80. The van der Waals surface area contributed by atoms with Gasteiger partial charge in [-0.1, -0.05) is 19.9 Å². The van der Waals surface area contributed by atoms with E-state index in [1.807, 2.05) is 0 Å². The highest BCUT2D eigenvalue weighted by Gasteiger charge is 2.36. The number of halogens is 3. The summed E-state index contributed by atoms with van der Waals surface area (Å²) in [6.45, 7) is 2.96. The van der Waals surface area contributed by atoms with E-state index in [1.165, 1.54) is 13.8 Å². The van der Waals surface area contributed by atoms with Crippen LogP contribution in [0.3, 0.4) is 0 Å². The first kappa shape index (κ1) is 12.5. The van der Waals surface area contributed by atoms with E-state index in [-0.39, 0.29) is 0 Å². The maximum Gasteiger partial charge on any atom is 0.417 e. The number of phenolic OH excluding ortho intramolecular Hbond substituents is 1. The molecular formula is C11H11F3O2. The molecule has 0 spiro atoms. The fraction of sp³-hybridized carbons (Fsp3) is 0.364. The van der Waals surface area contributed by atoms with Crippen LogP contribution in [-0.2, 0) is 6.18 Å². The van der Waals surface area contributed by atoms with Crippen LogP contribution in [0.5, 0.6) is 5.75 Å². The van der Waals surface area contributed by atoms with Crippen molar-refractivity contribution in [3.8, 4) is 5.75 Å². The lowest BCUT2D eigenvalue weighted by Gasteiger charge is -2.14. The zero-order chi connectivity index (χ0) is 12.5. The number of ketones is 1. The molecule has 0 amide bonds. The lowest BCUT2D eigenvalue weighted by molar-refractivity contribution is -0.138. The van der Waals surface area contributed by atoms with E-state index in [0.29, 0.717) is 0 Å². The number of hydrogen-bond donors (Lipinski definition) is 1. The van der Waals surface area contributed by atoms with Crippen LogP contribution in [0, 0.1) is 5.92 Å². The van der Waals surface area contributed by atoms with Crippen LogP contribution in [0.25, 0.3) is 0 Å². The number of phenols is 1. The van der Waals surface area contributed by atoms with Crippen LogP contribution >= 0.6 is 0 Å². The lowest BCUT2D eigenvalue weighted by atomic mass is 9.95. The minimum atomic E-state index is -4.64. The quantitative estimate of drug-likeness (QED) is 0.794. The maximum absolute atomic E-state index is 12.6. The molecule has 16 heavy (non-hydrogen) atoms. The Balaban J connectivity index is 3.41. The van der Waals surface area contributed by atoms with Crippen LogP contribution in [0.4, 0.5) is 13.2 Å². The predicted molar refractivity (Wildman–Crippen MR) is 52.3 cm³/mol. The molecule has 0 aromatic heterocycles. The summed E-state index contributed by atoms with van der Waals surface area (Å²) in [6.07, 6.45) is -4.64. The number of alkyl halides is 3. The molecule has 0 unspecified atom stereocenters. The first-order chi connectivity index (χ1) is 7.25. The first-order valence-corrected chi connectivity index (χ1v) is 4.68. The zero-order valence-electron chi connectivity index (χ0n) is 8.80. The molecule has 0 heterocycles. The van der Waals surface area contributed by atoms with Gasteiger partial charge in [-0.25, -0.2) is 0 Å². The Morgan fingerprint density at radius 2 is 1.88 bits per heavy atom. The van der Waals surface area contributed by atoms with Crippen molar-refractivity contribution in [1.29, 1.82) is 0 Å². The van der Waals surface area contributed by atoms with Gasteiger partial charge in [-0.15, -0.1) is 0 Å². The molecule has 1 aromatic carbocycles. The van der Waals surface area contributed by atoms with Gasteiger partial charge in [0.1, 0.15) is 5.75 Å². The van der Waals surface area contributed by atoms with Gasteiger partial charge in [-0.2, -0.15) is 13.2 Å². The normalized spacial score (nSPS) is 11.9. The van der Waals surface area contributed by atoms with Crippen molar-refractivity contribution >= 4 is 5.78 Å². The van der Waals surface area contributed by atoms with Gasteiger partial charge in [0.2, 0.25) is 0 Å². The monoisotopic (exact) mass is 232 g/mol. The smallest absolute Gasteiger partial charge is 0.417 e. The molecule has 0 aliphatic rings. The van der Waals surface area contributed by atoms with Gasteiger partial charge < -0.3 is 5.11 Å². The maximum atomic E-state index is 12.6. The van der Waals surface area contributed by atoms with Crippen LogP contribution in [0.2, 0.25) is 0 Å². The second kappa shape index (κ2) is 4.15. The molecule has 0 saturated heterocycles. The molecule has 0 aliphatic heterocycles. The van der Waals surface area contributed by atoms with Crippen LogP contribution in [-0.4, -0.2) is 10.9 Å². The van der Waals surface area contributed by atoms with E-state index in [0.717, 1.165) is 18.2 Å². The molecule has 0 saturated carbocycles. The summed E-state index contributed by atoms with van der Waals surface area (Å²) in [4.78, 5) is 11.6. The number of Topliss-reactive ketones (excluding diaryl/α,β-unsaturated/α-hetero) is 1. The average molecular weight is 232 g/mol. The number of carbonyl (C=O) groups is 1. The van der Waals surface area contributed by atoms with Crippen LogP contribution in [0.15, 0.2) is 18.2 Å². The number of hydrogen-bond acceptors (Lipinski definition) is 2. The predicted octanol–water partition coefficient (Wildman–Crippen LogP) is 3.25. The lowest BCUT2D eigenvalue weighted by Crippen LogP contribution is -2.16. The van der Waals surface area contributed by atoms with Gasteiger partial charge in [-0.3, -0.25) is 4.79 Å².